The van der Waals surface area contributed by atoms with Gasteiger partial charge >= 0.3 is 0 Å². The van der Waals surface area contributed by atoms with Crippen LogP contribution in [0.3, 0.4) is 0 Å². The van der Waals surface area contributed by atoms with Crippen molar-refractivity contribution in [1.29, 1.82) is 0 Å². The maximum atomic E-state index is 9.85. The largest absolute Gasteiger partial charge is 0.329 e. The Morgan fingerprint density at radius 2 is 2.00 bits per heavy atom. The van der Waals surface area contributed by atoms with Gasteiger partial charge < -0.3 is 14.2 Å². The molecule has 46 valence electrons. The van der Waals surface area contributed by atoms with Gasteiger partial charge in [0.2, 0.25) is 6.29 Å². The highest BCUT2D eigenvalue weighted by Gasteiger charge is 2.11. The SMILES string of the molecule is O=CC1OCOCO1. The van der Waals surface area contributed by atoms with Crippen molar-refractivity contribution in [1.82, 2.24) is 0 Å². The van der Waals surface area contributed by atoms with Crippen LogP contribution >= 0.6 is 0 Å². The van der Waals surface area contributed by atoms with Crippen LogP contribution in [0.4, 0.5) is 0 Å². The van der Waals surface area contributed by atoms with E-state index in [2.05, 4.69) is 14.2 Å². The van der Waals surface area contributed by atoms with E-state index in [4.69, 9.17) is 0 Å². The summed E-state index contributed by atoms with van der Waals surface area (Å²) in [7, 11) is 0. The Morgan fingerprint density at radius 1 is 1.38 bits per heavy atom. The normalized spacial score (nSPS) is 23.0. The minimum Gasteiger partial charge on any atom is -0.329 e. The number of rotatable bonds is 1. The standard InChI is InChI=1S/C4H6O4/c5-1-4-7-2-6-3-8-4/h1,4H,2-3H2. The van der Waals surface area contributed by atoms with E-state index in [-0.39, 0.29) is 13.6 Å². The molecule has 1 aliphatic heterocycles. The summed E-state index contributed by atoms with van der Waals surface area (Å²) >= 11 is 0. The van der Waals surface area contributed by atoms with Crippen molar-refractivity contribution in [2.75, 3.05) is 13.6 Å². The van der Waals surface area contributed by atoms with Crippen LogP contribution < -0.4 is 0 Å². The van der Waals surface area contributed by atoms with Gasteiger partial charge in [-0.15, -0.1) is 0 Å². The van der Waals surface area contributed by atoms with Crippen molar-refractivity contribution < 1.29 is 19.0 Å². The molecule has 1 fully saturated rings. The van der Waals surface area contributed by atoms with Crippen LogP contribution in [-0.4, -0.2) is 26.2 Å². The Hall–Kier alpha value is -0.450. The molecule has 8 heavy (non-hydrogen) atoms. The first kappa shape index (κ1) is 5.68. The monoisotopic (exact) mass is 118 g/mol. The molecule has 0 spiro atoms. The molecule has 1 rings (SSSR count). The van der Waals surface area contributed by atoms with Crippen LogP contribution in [0.1, 0.15) is 0 Å². The number of ether oxygens (including phenoxy) is 3. The third kappa shape index (κ3) is 1.26. The van der Waals surface area contributed by atoms with Crippen LogP contribution in [0.15, 0.2) is 0 Å². The van der Waals surface area contributed by atoms with E-state index in [1.54, 1.807) is 0 Å². The molecule has 0 aliphatic carbocycles. The van der Waals surface area contributed by atoms with Crippen molar-refractivity contribution in [2.24, 2.45) is 0 Å². The van der Waals surface area contributed by atoms with Crippen molar-refractivity contribution in [3.63, 3.8) is 0 Å². The minimum absolute atomic E-state index is 0.142. The van der Waals surface area contributed by atoms with Crippen molar-refractivity contribution in [3.8, 4) is 0 Å². The van der Waals surface area contributed by atoms with E-state index in [1.165, 1.54) is 0 Å². The Morgan fingerprint density at radius 3 is 2.38 bits per heavy atom. The first-order valence-electron chi connectivity index (χ1n) is 2.20. The summed E-state index contributed by atoms with van der Waals surface area (Å²) in [6.07, 6.45) is -0.133. The molecule has 1 heterocycles. The van der Waals surface area contributed by atoms with Gasteiger partial charge in [0, 0.05) is 0 Å². The predicted molar refractivity (Wildman–Crippen MR) is 22.8 cm³/mol. The zero-order valence-electron chi connectivity index (χ0n) is 4.20. The number of carbonyl (C=O) groups is 1. The highest BCUT2D eigenvalue weighted by Crippen LogP contribution is 1.97. The second-order valence-corrected chi connectivity index (χ2v) is 1.28. The summed E-state index contributed by atoms with van der Waals surface area (Å²) in [6.45, 7) is 0.285. The Kier molecular flexibility index (Phi) is 1.96. The van der Waals surface area contributed by atoms with Crippen LogP contribution in [0.2, 0.25) is 0 Å². The summed E-state index contributed by atoms with van der Waals surface area (Å²) in [4.78, 5) is 9.85. The molecule has 0 atom stereocenters. The van der Waals surface area contributed by atoms with Crippen molar-refractivity contribution in [2.45, 2.75) is 6.29 Å². The second kappa shape index (κ2) is 2.76. The van der Waals surface area contributed by atoms with Gasteiger partial charge in [0.1, 0.15) is 0 Å². The first-order chi connectivity index (χ1) is 3.93. The molecule has 4 nitrogen and oxygen atoms in total. The second-order valence-electron chi connectivity index (χ2n) is 1.28. The molecule has 0 aromatic carbocycles. The number of carbonyl (C=O) groups excluding carboxylic acids is 1. The van der Waals surface area contributed by atoms with Gasteiger partial charge in [0.15, 0.2) is 19.9 Å². The summed E-state index contributed by atoms with van der Waals surface area (Å²) in [5, 5.41) is 0. The Balaban J connectivity index is 2.22. The molecule has 0 saturated carbocycles. The molecule has 4 heteroatoms. The lowest BCUT2D eigenvalue weighted by Gasteiger charge is -2.17. The zero-order valence-corrected chi connectivity index (χ0v) is 4.20. The number of hydrogen-bond acceptors (Lipinski definition) is 4. The van der Waals surface area contributed by atoms with Gasteiger partial charge in [0.25, 0.3) is 0 Å². The molecule has 1 saturated heterocycles. The maximum Gasteiger partial charge on any atom is 0.219 e. The summed E-state index contributed by atoms with van der Waals surface area (Å²) in [5.74, 6) is 0. The highest BCUT2D eigenvalue weighted by molar-refractivity contribution is 5.53. The third-order valence-corrected chi connectivity index (χ3v) is 0.742. The number of aldehydes is 1. The fourth-order valence-corrected chi connectivity index (χ4v) is 0.391. The third-order valence-electron chi connectivity index (χ3n) is 0.742. The number of hydrogen-bond donors (Lipinski definition) is 0. The fourth-order valence-electron chi connectivity index (χ4n) is 0.391. The fraction of sp³-hybridized carbons (Fsp3) is 0.750. The highest BCUT2D eigenvalue weighted by atomic mass is 16.8. The van der Waals surface area contributed by atoms with E-state index < -0.39 is 6.29 Å². The molecule has 0 unspecified atom stereocenters. The topological polar surface area (TPSA) is 44.8 Å². The average Bonchev–Trinajstić information content (AvgIpc) is 1.90. The van der Waals surface area contributed by atoms with E-state index in [0.717, 1.165) is 0 Å². The Labute approximate surface area is 46.3 Å². The molecular formula is C4H6O4. The van der Waals surface area contributed by atoms with Gasteiger partial charge in [0.05, 0.1) is 0 Å². The predicted octanol–water partition coefficient (Wildman–Crippen LogP) is -0.510. The van der Waals surface area contributed by atoms with E-state index >= 15 is 0 Å². The lowest BCUT2D eigenvalue weighted by atomic mass is 10.7. The molecule has 0 radical (unpaired) electrons. The van der Waals surface area contributed by atoms with Gasteiger partial charge in [-0.25, -0.2) is 0 Å². The van der Waals surface area contributed by atoms with E-state index in [0.29, 0.717) is 6.29 Å². The van der Waals surface area contributed by atoms with Crippen LogP contribution in [-0.2, 0) is 19.0 Å². The first-order valence-corrected chi connectivity index (χ1v) is 2.20. The van der Waals surface area contributed by atoms with Crippen LogP contribution in [0, 0.1) is 0 Å². The maximum absolute atomic E-state index is 9.85. The van der Waals surface area contributed by atoms with E-state index in [9.17, 15) is 4.79 Å². The summed E-state index contributed by atoms with van der Waals surface area (Å²) in [6, 6.07) is 0. The summed E-state index contributed by atoms with van der Waals surface area (Å²) < 4.78 is 13.8. The van der Waals surface area contributed by atoms with Gasteiger partial charge in [-0.3, -0.25) is 4.79 Å². The van der Waals surface area contributed by atoms with Gasteiger partial charge in [-0.05, 0) is 0 Å². The molecule has 0 amide bonds. The summed E-state index contributed by atoms with van der Waals surface area (Å²) in [5.41, 5.74) is 0. The van der Waals surface area contributed by atoms with Gasteiger partial charge in [-0.2, -0.15) is 0 Å². The van der Waals surface area contributed by atoms with E-state index in [1.807, 2.05) is 0 Å². The lowest BCUT2D eigenvalue weighted by molar-refractivity contribution is -0.282. The Bertz CT molecular complexity index is 76.1. The zero-order chi connectivity index (χ0) is 5.82. The van der Waals surface area contributed by atoms with Crippen molar-refractivity contribution in [3.05, 3.63) is 0 Å². The van der Waals surface area contributed by atoms with Crippen molar-refractivity contribution >= 4 is 6.29 Å². The lowest BCUT2D eigenvalue weighted by Crippen LogP contribution is -2.27. The average molecular weight is 118 g/mol. The molecule has 1 aliphatic rings. The molecule has 0 bridgehead atoms. The molecule has 0 aromatic heterocycles. The molecular weight excluding hydrogens is 112 g/mol. The van der Waals surface area contributed by atoms with Gasteiger partial charge in [-0.1, -0.05) is 0 Å². The quantitative estimate of drug-likeness (QED) is 0.435. The molecule has 0 N–H and O–H groups in total. The molecule has 0 aromatic rings. The minimum atomic E-state index is -0.719. The van der Waals surface area contributed by atoms with Crippen LogP contribution in [0.5, 0.6) is 0 Å². The van der Waals surface area contributed by atoms with Crippen LogP contribution in [0.25, 0.3) is 0 Å². The smallest absolute Gasteiger partial charge is 0.219 e.